The summed E-state index contributed by atoms with van der Waals surface area (Å²) < 4.78 is 18.0. The molecular formula is C19H25FIN7. The van der Waals surface area contributed by atoms with E-state index in [1.54, 1.807) is 29.2 Å². The smallest absolute Gasteiger partial charge is 0.191 e. The number of hydrogen-bond acceptors (Lipinski definition) is 3. The van der Waals surface area contributed by atoms with E-state index in [1.165, 1.54) is 6.07 Å². The predicted octanol–water partition coefficient (Wildman–Crippen LogP) is 2.93. The van der Waals surface area contributed by atoms with Crippen LogP contribution in [-0.4, -0.2) is 31.8 Å². The molecule has 0 spiro atoms. The molecular weight excluding hydrogens is 472 g/mol. The highest BCUT2D eigenvalue weighted by atomic mass is 127. The minimum Gasteiger partial charge on any atom is -0.357 e. The van der Waals surface area contributed by atoms with Crippen molar-refractivity contribution < 1.29 is 4.39 Å². The summed E-state index contributed by atoms with van der Waals surface area (Å²) in [5.41, 5.74) is 2.33. The third-order valence-electron chi connectivity index (χ3n) is 4.22. The molecule has 0 aliphatic heterocycles. The van der Waals surface area contributed by atoms with Gasteiger partial charge >= 0.3 is 0 Å². The second-order valence-electron chi connectivity index (χ2n) is 6.13. The minimum atomic E-state index is -0.295. The molecule has 0 atom stereocenters. The topological polar surface area (TPSA) is 72.1 Å². The van der Waals surface area contributed by atoms with Crippen molar-refractivity contribution in [3.05, 3.63) is 65.8 Å². The third-order valence-corrected chi connectivity index (χ3v) is 4.22. The highest BCUT2D eigenvalue weighted by Gasteiger charge is 2.08. The molecule has 0 unspecified atom stereocenters. The Morgan fingerprint density at radius 2 is 2.04 bits per heavy atom. The van der Waals surface area contributed by atoms with Crippen LogP contribution in [0.2, 0.25) is 0 Å². The summed E-state index contributed by atoms with van der Waals surface area (Å²) in [6, 6.07) is 7.10. The van der Waals surface area contributed by atoms with Gasteiger partial charge in [-0.05, 0) is 37.6 Å². The van der Waals surface area contributed by atoms with Crippen LogP contribution in [0.5, 0.6) is 0 Å². The molecule has 28 heavy (non-hydrogen) atoms. The molecule has 0 aliphatic carbocycles. The summed E-state index contributed by atoms with van der Waals surface area (Å²) in [7, 11) is 1.90. The van der Waals surface area contributed by atoms with Gasteiger partial charge in [-0.3, -0.25) is 4.68 Å². The van der Waals surface area contributed by atoms with Gasteiger partial charge in [0.15, 0.2) is 5.96 Å². The van der Waals surface area contributed by atoms with Gasteiger partial charge in [0, 0.05) is 32.2 Å². The van der Waals surface area contributed by atoms with Gasteiger partial charge in [-0.1, -0.05) is 6.07 Å². The van der Waals surface area contributed by atoms with Crippen LogP contribution in [0.25, 0.3) is 5.69 Å². The summed E-state index contributed by atoms with van der Waals surface area (Å²) in [5.74, 6) is 1.12. The number of nitrogens with zero attached hydrogens (tertiary/aromatic N) is 5. The average Bonchev–Trinajstić information content (AvgIpc) is 3.26. The molecule has 0 amide bonds. The number of aryl methyl sites for hydroxylation is 2. The molecule has 3 rings (SSSR count). The van der Waals surface area contributed by atoms with Crippen LogP contribution in [0.15, 0.2) is 47.8 Å². The molecule has 2 N–H and O–H groups in total. The maximum atomic E-state index is 14.5. The van der Waals surface area contributed by atoms with E-state index < -0.39 is 0 Å². The summed E-state index contributed by atoms with van der Waals surface area (Å²) in [6.45, 7) is 5.57. The summed E-state index contributed by atoms with van der Waals surface area (Å²) >= 11 is 0. The van der Waals surface area contributed by atoms with Crippen molar-refractivity contribution in [1.82, 2.24) is 30.0 Å². The van der Waals surface area contributed by atoms with Gasteiger partial charge in [-0.2, -0.15) is 5.10 Å². The average molecular weight is 497 g/mol. The fourth-order valence-corrected chi connectivity index (χ4v) is 2.74. The highest BCUT2D eigenvalue weighted by Crippen LogP contribution is 2.17. The van der Waals surface area contributed by atoms with Crippen molar-refractivity contribution in [3.63, 3.8) is 0 Å². The second kappa shape index (κ2) is 10.2. The fraction of sp³-hybridized carbons (Fsp3) is 0.316. The highest BCUT2D eigenvalue weighted by molar-refractivity contribution is 14.0. The lowest BCUT2D eigenvalue weighted by Crippen LogP contribution is -2.37. The van der Waals surface area contributed by atoms with E-state index in [2.05, 4.69) is 25.7 Å². The van der Waals surface area contributed by atoms with E-state index in [0.29, 0.717) is 24.7 Å². The van der Waals surface area contributed by atoms with Crippen molar-refractivity contribution in [1.29, 1.82) is 0 Å². The van der Waals surface area contributed by atoms with Gasteiger partial charge in [0.05, 0.1) is 24.5 Å². The quantitative estimate of drug-likeness (QED) is 0.312. The molecule has 9 heteroatoms. The SMILES string of the molecule is CCNC(=NCc1ccc(-n2ccnc2C)c(F)c1)NCc1ccnn1C.I. The molecule has 2 aromatic heterocycles. The summed E-state index contributed by atoms with van der Waals surface area (Å²) in [6.07, 6.45) is 5.16. The number of rotatable bonds is 6. The van der Waals surface area contributed by atoms with Gasteiger partial charge in [0.1, 0.15) is 11.6 Å². The number of halogens is 2. The molecule has 150 valence electrons. The Hall–Kier alpha value is -2.43. The maximum absolute atomic E-state index is 14.5. The van der Waals surface area contributed by atoms with Crippen LogP contribution in [0, 0.1) is 12.7 Å². The Morgan fingerprint density at radius 1 is 1.21 bits per heavy atom. The zero-order valence-corrected chi connectivity index (χ0v) is 18.5. The number of benzene rings is 1. The lowest BCUT2D eigenvalue weighted by atomic mass is 10.2. The van der Waals surface area contributed by atoms with Crippen molar-refractivity contribution >= 4 is 29.9 Å². The molecule has 0 radical (unpaired) electrons. The molecule has 7 nitrogen and oxygen atoms in total. The normalized spacial score (nSPS) is 11.2. The number of aliphatic imine (C=N–C) groups is 1. The molecule has 0 fully saturated rings. The Morgan fingerprint density at radius 3 is 2.64 bits per heavy atom. The Kier molecular flexibility index (Phi) is 7.97. The van der Waals surface area contributed by atoms with Crippen molar-refractivity contribution in [2.24, 2.45) is 12.0 Å². The number of imidazole rings is 1. The Bertz CT molecular complexity index is 932. The van der Waals surface area contributed by atoms with E-state index in [9.17, 15) is 4.39 Å². The molecule has 2 heterocycles. The van der Waals surface area contributed by atoms with E-state index >= 15 is 0 Å². The van der Waals surface area contributed by atoms with Crippen LogP contribution in [0.4, 0.5) is 4.39 Å². The first-order valence-corrected chi connectivity index (χ1v) is 8.86. The first kappa shape index (κ1) is 21.9. The second-order valence-corrected chi connectivity index (χ2v) is 6.13. The Labute approximate surface area is 181 Å². The van der Waals surface area contributed by atoms with Crippen LogP contribution >= 0.6 is 24.0 Å². The van der Waals surface area contributed by atoms with E-state index in [-0.39, 0.29) is 29.8 Å². The number of hydrogen-bond donors (Lipinski definition) is 2. The predicted molar refractivity (Wildman–Crippen MR) is 119 cm³/mol. The number of aromatic nitrogens is 4. The van der Waals surface area contributed by atoms with E-state index in [0.717, 1.165) is 23.6 Å². The zero-order chi connectivity index (χ0) is 19.2. The number of guanidine groups is 1. The lowest BCUT2D eigenvalue weighted by Gasteiger charge is -2.12. The van der Waals surface area contributed by atoms with E-state index in [1.807, 2.05) is 37.7 Å². The Balaban J connectivity index is 0.00000280. The van der Waals surface area contributed by atoms with Crippen LogP contribution < -0.4 is 10.6 Å². The monoisotopic (exact) mass is 497 g/mol. The molecule has 0 saturated heterocycles. The van der Waals surface area contributed by atoms with Crippen LogP contribution in [0.3, 0.4) is 0 Å². The van der Waals surface area contributed by atoms with Crippen molar-refractivity contribution in [2.45, 2.75) is 26.9 Å². The molecule has 0 saturated carbocycles. The van der Waals surface area contributed by atoms with Crippen molar-refractivity contribution in [3.8, 4) is 5.69 Å². The van der Waals surface area contributed by atoms with Gasteiger partial charge in [0.25, 0.3) is 0 Å². The standard InChI is InChI=1S/C19H24FN7.HI/c1-4-21-19(24-13-16-7-8-25-26(16)3)23-12-15-5-6-18(17(20)11-15)27-10-9-22-14(27)2;/h5-11H,4,12-13H2,1-3H3,(H2,21,23,24);1H. The maximum Gasteiger partial charge on any atom is 0.191 e. The fourth-order valence-electron chi connectivity index (χ4n) is 2.74. The minimum absolute atomic E-state index is 0. The zero-order valence-electron chi connectivity index (χ0n) is 16.2. The van der Waals surface area contributed by atoms with Crippen LogP contribution in [-0.2, 0) is 20.1 Å². The first-order chi connectivity index (χ1) is 13.1. The molecule has 0 bridgehead atoms. The summed E-state index contributed by atoms with van der Waals surface area (Å²) in [4.78, 5) is 8.68. The molecule has 0 aliphatic rings. The molecule has 3 aromatic rings. The van der Waals surface area contributed by atoms with E-state index in [4.69, 9.17) is 0 Å². The molecule has 1 aromatic carbocycles. The van der Waals surface area contributed by atoms with Crippen LogP contribution in [0.1, 0.15) is 24.0 Å². The van der Waals surface area contributed by atoms with Gasteiger partial charge in [-0.25, -0.2) is 14.4 Å². The van der Waals surface area contributed by atoms with Gasteiger partial charge < -0.3 is 15.2 Å². The first-order valence-electron chi connectivity index (χ1n) is 8.86. The van der Waals surface area contributed by atoms with Gasteiger partial charge in [0.2, 0.25) is 0 Å². The van der Waals surface area contributed by atoms with Crippen molar-refractivity contribution in [2.75, 3.05) is 6.54 Å². The largest absolute Gasteiger partial charge is 0.357 e. The summed E-state index contributed by atoms with van der Waals surface area (Å²) in [5, 5.41) is 10.6. The number of nitrogens with one attached hydrogen (secondary N) is 2. The van der Waals surface area contributed by atoms with Gasteiger partial charge in [-0.15, -0.1) is 24.0 Å². The third kappa shape index (κ3) is 5.31. The lowest BCUT2D eigenvalue weighted by molar-refractivity contribution is 0.614.